The van der Waals surface area contributed by atoms with Crippen molar-refractivity contribution in [2.75, 3.05) is 0 Å². The second kappa shape index (κ2) is 14.4. The maximum Gasteiger partial charge on any atom is 0.303 e. The Kier molecular flexibility index (Phi) is 11.5. The zero-order chi connectivity index (χ0) is 21.7. The first-order chi connectivity index (χ1) is 15.2. The Bertz CT molecular complexity index is 977. The third-order valence-electron chi connectivity index (χ3n) is 5.75. The minimum Gasteiger partial charge on any atom is -1.00 e. The summed E-state index contributed by atoms with van der Waals surface area (Å²) in [4.78, 5) is 10.5. The van der Waals surface area contributed by atoms with E-state index in [0.29, 0.717) is 6.42 Å². The van der Waals surface area contributed by atoms with Crippen LogP contribution in [-0.2, 0) is 11.3 Å². The highest BCUT2D eigenvalue weighted by Crippen LogP contribution is 2.20. The Hall–Kier alpha value is -2.65. The number of carboxylic acid groups (broad SMARTS) is 1. The number of hydrogen-bond acceptors (Lipinski definition) is 1. The van der Waals surface area contributed by atoms with Crippen molar-refractivity contribution in [3.63, 3.8) is 0 Å². The monoisotopic (exact) mass is 451 g/mol. The lowest BCUT2D eigenvalue weighted by atomic mass is 10.0. The summed E-state index contributed by atoms with van der Waals surface area (Å²) in [5, 5.41) is 11.2. The van der Waals surface area contributed by atoms with Crippen molar-refractivity contribution >= 4 is 28.9 Å². The standard InChI is InChI=1S/C28H33NO2.ClH/c30-28(31)16-7-5-3-1-2-4-6-10-21-29-22-19-24(20-23-29)17-18-26-14-11-13-25-12-8-9-15-27(25)26;/h8-9,11-15,17-20,22-23H,1-7,10,16,21H2;1H/b18-17+;. The summed E-state index contributed by atoms with van der Waals surface area (Å²) in [6, 6.07) is 19.3. The van der Waals surface area contributed by atoms with Crippen LogP contribution in [0.4, 0.5) is 0 Å². The van der Waals surface area contributed by atoms with Gasteiger partial charge in [-0.1, -0.05) is 86.7 Å². The predicted molar refractivity (Wildman–Crippen MR) is 129 cm³/mol. The Morgan fingerprint density at radius 2 is 1.38 bits per heavy atom. The minimum atomic E-state index is -0.675. The molecule has 4 heteroatoms. The number of hydrogen-bond donors (Lipinski definition) is 1. The summed E-state index contributed by atoms with van der Waals surface area (Å²) in [5.74, 6) is -0.675. The summed E-state index contributed by atoms with van der Waals surface area (Å²) in [7, 11) is 0. The van der Waals surface area contributed by atoms with Crippen molar-refractivity contribution in [1.29, 1.82) is 0 Å². The SMILES string of the molecule is O=C(O)CCCCCCCCCC[n+]1ccc(/C=C/c2cccc3ccccc23)cc1.[Cl-]. The maximum atomic E-state index is 10.5. The van der Waals surface area contributed by atoms with Gasteiger partial charge in [-0.2, -0.15) is 0 Å². The van der Waals surface area contributed by atoms with Gasteiger partial charge in [0.15, 0.2) is 12.4 Å². The molecule has 1 aromatic heterocycles. The lowest BCUT2D eigenvalue weighted by molar-refractivity contribution is -0.697. The summed E-state index contributed by atoms with van der Waals surface area (Å²) < 4.78 is 2.27. The van der Waals surface area contributed by atoms with E-state index >= 15 is 0 Å². The molecule has 0 atom stereocenters. The van der Waals surface area contributed by atoms with Gasteiger partial charge in [0.05, 0.1) is 0 Å². The van der Waals surface area contributed by atoms with Crippen LogP contribution < -0.4 is 17.0 Å². The van der Waals surface area contributed by atoms with Crippen LogP contribution in [0.5, 0.6) is 0 Å². The van der Waals surface area contributed by atoms with Gasteiger partial charge in [-0.05, 0) is 34.7 Å². The van der Waals surface area contributed by atoms with Gasteiger partial charge in [-0.15, -0.1) is 0 Å². The van der Waals surface area contributed by atoms with Crippen LogP contribution in [-0.4, -0.2) is 11.1 Å². The van der Waals surface area contributed by atoms with Gasteiger partial charge < -0.3 is 17.5 Å². The Balaban J connectivity index is 0.00000363. The molecule has 0 saturated heterocycles. The number of fused-ring (bicyclic) bond motifs is 1. The van der Waals surface area contributed by atoms with E-state index in [9.17, 15) is 4.79 Å². The van der Waals surface area contributed by atoms with Crippen molar-refractivity contribution in [1.82, 2.24) is 0 Å². The van der Waals surface area contributed by atoms with Gasteiger partial charge in [0.25, 0.3) is 0 Å². The van der Waals surface area contributed by atoms with Crippen LogP contribution in [0, 0.1) is 0 Å². The van der Waals surface area contributed by atoms with E-state index in [0.717, 1.165) is 25.8 Å². The molecule has 0 aliphatic heterocycles. The molecule has 0 amide bonds. The molecule has 170 valence electrons. The van der Waals surface area contributed by atoms with Crippen molar-refractivity contribution in [3.05, 3.63) is 78.1 Å². The number of carbonyl (C=O) groups is 1. The molecule has 1 N–H and O–H groups in total. The predicted octanol–water partition coefficient (Wildman–Crippen LogP) is 3.90. The molecule has 0 saturated carbocycles. The smallest absolute Gasteiger partial charge is 0.303 e. The summed E-state index contributed by atoms with van der Waals surface area (Å²) >= 11 is 0. The molecule has 0 fully saturated rings. The molecule has 2 aromatic carbocycles. The molecule has 0 aliphatic rings. The fourth-order valence-corrected chi connectivity index (χ4v) is 3.94. The Morgan fingerprint density at radius 3 is 2.09 bits per heavy atom. The van der Waals surface area contributed by atoms with Crippen molar-refractivity contribution in [3.8, 4) is 0 Å². The van der Waals surface area contributed by atoms with Crippen molar-refractivity contribution < 1.29 is 26.9 Å². The number of aryl methyl sites for hydroxylation is 1. The first-order valence-electron chi connectivity index (χ1n) is 11.6. The summed E-state index contributed by atoms with van der Waals surface area (Å²) in [6.45, 7) is 1.06. The van der Waals surface area contributed by atoms with Gasteiger partial charge in [0.2, 0.25) is 0 Å². The number of unbranched alkanes of at least 4 members (excludes halogenated alkanes) is 7. The van der Waals surface area contributed by atoms with E-state index in [2.05, 4.69) is 83.7 Å². The fourth-order valence-electron chi connectivity index (χ4n) is 3.94. The number of rotatable bonds is 13. The average Bonchev–Trinajstić information content (AvgIpc) is 2.79. The number of carboxylic acids is 1. The molecule has 3 rings (SSSR count). The lowest BCUT2D eigenvalue weighted by Crippen LogP contribution is -3.00. The molecule has 3 aromatic rings. The highest BCUT2D eigenvalue weighted by atomic mass is 35.5. The third kappa shape index (κ3) is 8.84. The van der Waals surface area contributed by atoms with E-state index in [-0.39, 0.29) is 12.4 Å². The molecule has 32 heavy (non-hydrogen) atoms. The molecule has 0 unspecified atom stereocenters. The third-order valence-corrected chi connectivity index (χ3v) is 5.75. The van der Waals surface area contributed by atoms with Gasteiger partial charge in [-0.25, -0.2) is 4.57 Å². The number of aromatic nitrogens is 1. The zero-order valence-corrected chi connectivity index (χ0v) is 19.5. The fraction of sp³-hybridized carbons (Fsp3) is 0.357. The molecular weight excluding hydrogens is 418 g/mol. The second-order valence-corrected chi connectivity index (χ2v) is 8.24. The molecule has 0 aliphatic carbocycles. The van der Waals surface area contributed by atoms with Gasteiger partial charge in [0, 0.05) is 25.0 Å². The van der Waals surface area contributed by atoms with Crippen molar-refractivity contribution in [2.24, 2.45) is 0 Å². The molecule has 1 heterocycles. The molecule has 0 bridgehead atoms. The largest absolute Gasteiger partial charge is 1.00 e. The number of nitrogens with zero attached hydrogens (tertiary/aromatic N) is 1. The minimum absolute atomic E-state index is 0. The maximum absolute atomic E-state index is 10.5. The molecule has 0 radical (unpaired) electrons. The highest BCUT2D eigenvalue weighted by Gasteiger charge is 2.01. The average molecular weight is 452 g/mol. The number of halogens is 1. The van der Waals surface area contributed by atoms with Crippen LogP contribution in [0.15, 0.2) is 67.0 Å². The first kappa shape index (κ1) is 25.6. The first-order valence-corrected chi connectivity index (χ1v) is 11.6. The van der Waals surface area contributed by atoms with Crippen LogP contribution in [0.1, 0.15) is 68.9 Å². The molecular formula is C28H34ClNO2. The van der Waals surface area contributed by atoms with Gasteiger partial charge >= 0.3 is 5.97 Å². The number of aliphatic carboxylic acids is 1. The van der Waals surface area contributed by atoms with E-state index in [4.69, 9.17) is 5.11 Å². The van der Waals surface area contributed by atoms with Gasteiger partial charge in [0.1, 0.15) is 6.54 Å². The summed E-state index contributed by atoms with van der Waals surface area (Å²) in [5.41, 5.74) is 2.46. The highest BCUT2D eigenvalue weighted by molar-refractivity contribution is 5.92. The molecule has 0 spiro atoms. The van der Waals surface area contributed by atoms with Crippen LogP contribution in [0.25, 0.3) is 22.9 Å². The van der Waals surface area contributed by atoms with Crippen molar-refractivity contribution in [2.45, 2.75) is 64.3 Å². The lowest BCUT2D eigenvalue weighted by Gasteiger charge is -2.02. The zero-order valence-electron chi connectivity index (χ0n) is 18.8. The number of benzene rings is 2. The summed E-state index contributed by atoms with van der Waals surface area (Å²) in [6.07, 6.45) is 18.3. The van der Waals surface area contributed by atoms with Crippen LogP contribution in [0.3, 0.4) is 0 Å². The Morgan fingerprint density at radius 1 is 0.750 bits per heavy atom. The Labute approximate surface area is 198 Å². The second-order valence-electron chi connectivity index (χ2n) is 8.24. The van der Waals surface area contributed by atoms with E-state index in [1.165, 1.54) is 54.0 Å². The normalized spacial score (nSPS) is 11.0. The van der Waals surface area contributed by atoms with E-state index in [1.807, 2.05) is 0 Å². The molecule has 3 nitrogen and oxygen atoms in total. The quantitative estimate of drug-likeness (QED) is 0.316. The number of pyridine rings is 1. The van der Waals surface area contributed by atoms with Crippen LogP contribution >= 0.6 is 0 Å². The van der Waals surface area contributed by atoms with E-state index in [1.54, 1.807) is 0 Å². The van der Waals surface area contributed by atoms with Crippen LogP contribution in [0.2, 0.25) is 0 Å². The van der Waals surface area contributed by atoms with E-state index < -0.39 is 5.97 Å². The topological polar surface area (TPSA) is 41.2 Å². The van der Waals surface area contributed by atoms with Gasteiger partial charge in [-0.3, -0.25) is 4.79 Å².